The van der Waals surface area contributed by atoms with Gasteiger partial charge in [-0.05, 0) is 121 Å². The molecule has 0 amide bonds. The number of benzene rings is 6. The molecule has 6 aromatic rings. The minimum Gasteiger partial charge on any atom is -0.505 e. The number of hydrogen-bond donors (Lipinski definition) is 6. The zero-order valence-electron chi connectivity index (χ0n) is 29.4. The number of anilines is 2. The smallest absolute Gasteiger partial charge is 0.296 e. The number of phenols is 2. The van der Waals surface area contributed by atoms with Crippen molar-refractivity contribution in [2.45, 2.75) is 37.5 Å². The van der Waals surface area contributed by atoms with Crippen LogP contribution < -0.4 is 11.5 Å². The Morgan fingerprint density at radius 1 is 0.556 bits per heavy atom. The second kappa shape index (κ2) is 15.4. The average Bonchev–Trinajstić information content (AvgIpc) is 3.10. The van der Waals surface area contributed by atoms with Gasteiger partial charge in [0.05, 0.1) is 11.4 Å². The number of nitrogens with zero attached hydrogens (tertiary/aromatic N) is 4. The molecule has 0 atom stereocenters. The molecular formula is C38H36N6O8S2. The van der Waals surface area contributed by atoms with Crippen LogP contribution in [0.2, 0.25) is 0 Å². The van der Waals surface area contributed by atoms with E-state index in [-0.39, 0.29) is 27.8 Å². The average molecular weight is 769 g/mol. The van der Waals surface area contributed by atoms with Crippen LogP contribution in [0, 0.1) is 20.8 Å². The van der Waals surface area contributed by atoms with Gasteiger partial charge in [0.15, 0.2) is 11.5 Å². The highest BCUT2D eigenvalue weighted by molar-refractivity contribution is 7.86. The normalized spacial score (nSPS) is 12.3. The number of aryl methyl sites for hydroxylation is 3. The van der Waals surface area contributed by atoms with E-state index in [0.29, 0.717) is 22.4 Å². The molecule has 16 heteroatoms. The van der Waals surface area contributed by atoms with Gasteiger partial charge in [-0.25, -0.2) is 0 Å². The number of azo groups is 2. The van der Waals surface area contributed by atoms with Gasteiger partial charge in [0.1, 0.15) is 21.2 Å². The van der Waals surface area contributed by atoms with E-state index in [0.717, 1.165) is 34.3 Å². The summed E-state index contributed by atoms with van der Waals surface area (Å²) in [6, 6.07) is 22.5. The molecule has 0 aliphatic carbocycles. The van der Waals surface area contributed by atoms with Crippen molar-refractivity contribution in [1.82, 2.24) is 0 Å². The molecule has 0 saturated carbocycles. The molecule has 54 heavy (non-hydrogen) atoms. The molecule has 0 aliphatic heterocycles. The van der Waals surface area contributed by atoms with Gasteiger partial charge in [-0.2, -0.15) is 27.1 Å². The predicted molar refractivity (Wildman–Crippen MR) is 210 cm³/mol. The molecule has 278 valence electrons. The van der Waals surface area contributed by atoms with Gasteiger partial charge in [-0.3, -0.25) is 9.11 Å². The third kappa shape index (κ3) is 8.70. The van der Waals surface area contributed by atoms with Crippen molar-refractivity contribution in [3.63, 3.8) is 0 Å². The zero-order valence-corrected chi connectivity index (χ0v) is 31.1. The molecule has 8 N–H and O–H groups in total. The van der Waals surface area contributed by atoms with Crippen LogP contribution >= 0.6 is 0 Å². The predicted octanol–water partition coefficient (Wildman–Crippen LogP) is 9.54. The van der Waals surface area contributed by atoms with E-state index < -0.39 is 41.5 Å². The van der Waals surface area contributed by atoms with Crippen molar-refractivity contribution >= 4 is 82.0 Å². The fraction of sp³-hybridized carbons (Fsp3) is 0.105. The zero-order chi connectivity index (χ0) is 39.5. The minimum atomic E-state index is -4.80. The lowest BCUT2D eigenvalue weighted by atomic mass is 10.0. The summed E-state index contributed by atoms with van der Waals surface area (Å²) in [5, 5.41) is 39.2. The molecule has 6 rings (SSSR count). The topological polar surface area (TPSA) is 251 Å². The fourth-order valence-corrected chi connectivity index (χ4v) is 6.79. The van der Waals surface area contributed by atoms with Crippen LogP contribution in [-0.4, -0.2) is 36.2 Å². The first kappa shape index (κ1) is 39.0. The number of fused-ring (bicyclic) bond motifs is 2. The van der Waals surface area contributed by atoms with Crippen molar-refractivity contribution in [2.75, 3.05) is 11.5 Å². The van der Waals surface area contributed by atoms with E-state index in [1.807, 2.05) is 50.2 Å². The van der Waals surface area contributed by atoms with Crippen LogP contribution in [0.15, 0.2) is 121 Å². The Hall–Kier alpha value is -6.20. The summed E-state index contributed by atoms with van der Waals surface area (Å²) in [5.74, 6) is -0.485. The number of nitrogens with two attached hydrogens (primary N) is 2. The molecule has 6 aromatic carbocycles. The van der Waals surface area contributed by atoms with Crippen molar-refractivity contribution < 1.29 is 36.2 Å². The van der Waals surface area contributed by atoms with Crippen molar-refractivity contribution in [2.24, 2.45) is 20.5 Å². The third-order valence-corrected chi connectivity index (χ3v) is 10.1. The number of hydrogen-bond acceptors (Lipinski definition) is 12. The number of allylic oxidation sites excluding steroid dienone is 1. The SMILES string of the molecule is C/C=C/c1ccc(N=Nc2c(S(=O)(=O)O)cc3ccc(N)cc3c2O)cc1S(=O)(=O)O.Cc1ccc(N=Nc2c(C)cc3ccc(N)cc3c2O)cc1C. The van der Waals surface area contributed by atoms with E-state index in [1.165, 1.54) is 42.0 Å². The Bertz CT molecular complexity index is 2770. The second-order valence-corrected chi connectivity index (χ2v) is 15.0. The maximum Gasteiger partial charge on any atom is 0.296 e. The van der Waals surface area contributed by atoms with Crippen LogP contribution in [0.25, 0.3) is 27.6 Å². The van der Waals surface area contributed by atoms with E-state index >= 15 is 0 Å². The summed E-state index contributed by atoms with van der Waals surface area (Å²) in [6.45, 7) is 7.66. The van der Waals surface area contributed by atoms with E-state index in [9.17, 15) is 36.2 Å². The molecule has 0 aliphatic rings. The van der Waals surface area contributed by atoms with E-state index in [2.05, 4.69) is 27.4 Å². The summed E-state index contributed by atoms with van der Waals surface area (Å²) in [7, 11) is -9.38. The van der Waals surface area contributed by atoms with E-state index in [4.69, 9.17) is 11.5 Å². The number of rotatable bonds is 7. The van der Waals surface area contributed by atoms with Gasteiger partial charge in [-0.15, -0.1) is 10.2 Å². The lowest BCUT2D eigenvalue weighted by Gasteiger charge is -2.09. The van der Waals surface area contributed by atoms with Gasteiger partial charge in [0, 0.05) is 22.1 Å². The lowest BCUT2D eigenvalue weighted by molar-refractivity contribution is 0.472. The molecule has 0 unspecified atom stereocenters. The van der Waals surface area contributed by atoms with Crippen molar-refractivity contribution in [3.8, 4) is 11.5 Å². The Morgan fingerprint density at radius 3 is 1.63 bits per heavy atom. The third-order valence-electron chi connectivity index (χ3n) is 8.30. The maximum atomic E-state index is 11.8. The second-order valence-electron chi connectivity index (χ2n) is 12.3. The summed E-state index contributed by atoms with van der Waals surface area (Å²) in [5.41, 5.74) is 16.5. The summed E-state index contributed by atoms with van der Waals surface area (Å²) in [6.07, 6.45) is 3.03. The van der Waals surface area contributed by atoms with Gasteiger partial charge < -0.3 is 21.7 Å². The number of nitrogen functional groups attached to an aromatic ring is 2. The monoisotopic (exact) mass is 768 g/mol. The van der Waals surface area contributed by atoms with Gasteiger partial charge in [-0.1, -0.05) is 36.4 Å². The van der Waals surface area contributed by atoms with Gasteiger partial charge >= 0.3 is 0 Å². The highest BCUT2D eigenvalue weighted by Gasteiger charge is 2.22. The number of aromatic hydroxyl groups is 2. The summed E-state index contributed by atoms with van der Waals surface area (Å²) in [4.78, 5) is -1.14. The minimum absolute atomic E-state index is 0.0609. The lowest BCUT2D eigenvalue weighted by Crippen LogP contribution is -2.00. The molecule has 14 nitrogen and oxygen atoms in total. The van der Waals surface area contributed by atoms with E-state index in [1.54, 1.807) is 19.1 Å². The molecule has 0 radical (unpaired) electrons. The molecule has 0 fully saturated rings. The molecule has 0 spiro atoms. The molecular weight excluding hydrogens is 733 g/mol. The molecule has 0 heterocycles. The Labute approximate surface area is 311 Å². The van der Waals surface area contributed by atoms with Crippen molar-refractivity contribution in [3.05, 3.63) is 113 Å². The highest BCUT2D eigenvalue weighted by Crippen LogP contribution is 2.42. The standard InChI is InChI=1S/C19H17N3O7S2.C19H19N3O/c1-2-3-11-5-7-14(10-16(11)30(24,25)26)21-22-18-17(31(27,28)29)8-12-4-6-13(20)9-15(12)19(18)23;1-11-4-7-16(9-12(11)2)21-22-18-13(3)8-14-5-6-15(20)10-17(14)19(18)23/h2-10,23H,20H2,1H3,(H,24,25,26)(H,27,28,29);4-10,23H,20H2,1-3H3/b3-2+,22-21?;. The Kier molecular flexibility index (Phi) is 11.1. The van der Waals surface area contributed by atoms with Crippen LogP contribution in [-0.2, 0) is 20.2 Å². The first-order chi connectivity index (χ1) is 25.4. The van der Waals surface area contributed by atoms with Gasteiger partial charge in [0.2, 0.25) is 0 Å². The highest BCUT2D eigenvalue weighted by atomic mass is 32.2. The Balaban J connectivity index is 0.000000217. The molecule has 0 aromatic heterocycles. The molecule has 0 bridgehead atoms. The summed E-state index contributed by atoms with van der Waals surface area (Å²) >= 11 is 0. The van der Waals surface area contributed by atoms with Crippen LogP contribution in [0.3, 0.4) is 0 Å². The largest absolute Gasteiger partial charge is 0.505 e. The summed E-state index contributed by atoms with van der Waals surface area (Å²) < 4.78 is 66.0. The molecule has 0 saturated heterocycles. The Morgan fingerprint density at radius 2 is 1.07 bits per heavy atom. The van der Waals surface area contributed by atoms with Gasteiger partial charge in [0.25, 0.3) is 20.2 Å². The van der Waals surface area contributed by atoms with Crippen molar-refractivity contribution in [1.29, 1.82) is 0 Å². The quantitative estimate of drug-likeness (QED) is 0.0509. The number of phenolic OH excluding ortho intramolecular Hbond substituents is 2. The van der Waals surface area contributed by atoms with Crippen LogP contribution in [0.5, 0.6) is 11.5 Å². The first-order valence-electron chi connectivity index (χ1n) is 16.1. The fourth-order valence-electron chi connectivity index (χ4n) is 5.43. The van der Waals surface area contributed by atoms with Crippen LogP contribution in [0.4, 0.5) is 34.1 Å². The maximum absolute atomic E-state index is 11.8. The first-order valence-corrected chi connectivity index (χ1v) is 18.9. The van der Waals surface area contributed by atoms with Crippen LogP contribution in [0.1, 0.15) is 29.2 Å².